The van der Waals surface area contributed by atoms with E-state index in [1.54, 1.807) is 12.4 Å². The maximum Gasteiger partial charge on any atom is 0.241 e. The highest BCUT2D eigenvalue weighted by Crippen LogP contribution is 2.13. The van der Waals surface area contributed by atoms with Crippen molar-refractivity contribution >= 4 is 11.6 Å². The lowest BCUT2D eigenvalue weighted by atomic mass is 10.2. The monoisotopic (exact) mass is 313 g/mol. The van der Waals surface area contributed by atoms with Crippen LogP contribution in [0.1, 0.15) is 18.1 Å². The fraction of sp³-hybridized carbons (Fsp3) is 0.333. The lowest BCUT2D eigenvalue weighted by Crippen LogP contribution is -2.43. The Labute approximate surface area is 137 Å². The van der Waals surface area contributed by atoms with E-state index in [1.807, 2.05) is 55.1 Å². The molecule has 0 bridgehead atoms. The third kappa shape index (κ3) is 5.16. The molecule has 0 saturated heterocycles. The molecule has 0 fully saturated rings. The summed E-state index contributed by atoms with van der Waals surface area (Å²) in [6.45, 7) is 4.83. The predicted octanol–water partition coefficient (Wildman–Crippen LogP) is 2.21. The molecule has 2 N–H and O–H groups in total. The van der Waals surface area contributed by atoms with Crippen molar-refractivity contribution < 1.29 is 9.90 Å². The molecule has 0 spiro atoms. The van der Waals surface area contributed by atoms with Crippen molar-refractivity contribution in [1.29, 1.82) is 0 Å². The SMILES string of the molecule is Cc1cccc(NC(=O)C(C)N(CCO)Cc2cccnc2)c1. The number of carbonyl (C=O) groups is 1. The standard InChI is InChI=1S/C18H23N3O2/c1-14-5-3-7-17(11-14)20-18(23)15(2)21(9-10-22)13-16-6-4-8-19-12-16/h3-8,11-12,15,22H,9-10,13H2,1-2H3,(H,20,23). The first-order chi connectivity index (χ1) is 11.1. The van der Waals surface area contributed by atoms with Gasteiger partial charge in [0, 0.05) is 31.2 Å². The fourth-order valence-electron chi connectivity index (χ4n) is 2.40. The zero-order chi connectivity index (χ0) is 16.7. The van der Waals surface area contributed by atoms with Crippen molar-refractivity contribution in [2.24, 2.45) is 0 Å². The number of aliphatic hydroxyl groups is 1. The Hall–Kier alpha value is -2.24. The van der Waals surface area contributed by atoms with E-state index in [9.17, 15) is 9.90 Å². The highest BCUT2D eigenvalue weighted by atomic mass is 16.3. The van der Waals surface area contributed by atoms with Crippen LogP contribution in [0.25, 0.3) is 0 Å². The third-order valence-electron chi connectivity index (χ3n) is 3.71. The number of aliphatic hydroxyl groups excluding tert-OH is 1. The molecule has 1 aromatic carbocycles. The first-order valence-corrected chi connectivity index (χ1v) is 7.71. The van der Waals surface area contributed by atoms with E-state index in [0.717, 1.165) is 16.8 Å². The maximum absolute atomic E-state index is 12.5. The minimum absolute atomic E-state index is 0.00231. The van der Waals surface area contributed by atoms with Crippen molar-refractivity contribution in [1.82, 2.24) is 9.88 Å². The van der Waals surface area contributed by atoms with Crippen LogP contribution >= 0.6 is 0 Å². The molecule has 1 aromatic heterocycles. The number of pyridine rings is 1. The van der Waals surface area contributed by atoms with Gasteiger partial charge in [-0.15, -0.1) is 0 Å². The van der Waals surface area contributed by atoms with E-state index in [4.69, 9.17) is 0 Å². The number of amides is 1. The van der Waals surface area contributed by atoms with E-state index < -0.39 is 0 Å². The van der Waals surface area contributed by atoms with Gasteiger partial charge < -0.3 is 10.4 Å². The molecule has 5 nitrogen and oxygen atoms in total. The number of nitrogens with one attached hydrogen (secondary N) is 1. The van der Waals surface area contributed by atoms with Crippen LogP contribution in [-0.2, 0) is 11.3 Å². The summed E-state index contributed by atoms with van der Waals surface area (Å²) in [6, 6.07) is 11.2. The minimum Gasteiger partial charge on any atom is -0.395 e. The molecule has 2 aromatic rings. The summed E-state index contributed by atoms with van der Waals surface area (Å²) in [7, 11) is 0. The fourth-order valence-corrected chi connectivity index (χ4v) is 2.40. The largest absolute Gasteiger partial charge is 0.395 e. The molecule has 1 atom stereocenters. The van der Waals surface area contributed by atoms with Gasteiger partial charge in [-0.05, 0) is 43.2 Å². The third-order valence-corrected chi connectivity index (χ3v) is 3.71. The summed E-state index contributed by atoms with van der Waals surface area (Å²) in [5, 5.41) is 12.2. The predicted molar refractivity (Wildman–Crippen MR) is 91.0 cm³/mol. The van der Waals surface area contributed by atoms with E-state index in [0.29, 0.717) is 13.1 Å². The van der Waals surface area contributed by atoms with Gasteiger partial charge in [0.05, 0.1) is 12.6 Å². The zero-order valence-corrected chi connectivity index (χ0v) is 13.6. The van der Waals surface area contributed by atoms with Crippen LogP contribution in [0.3, 0.4) is 0 Å². The van der Waals surface area contributed by atoms with Crippen LogP contribution in [0.5, 0.6) is 0 Å². The number of aromatic nitrogens is 1. The lowest BCUT2D eigenvalue weighted by Gasteiger charge is -2.27. The van der Waals surface area contributed by atoms with Crippen LogP contribution in [0, 0.1) is 6.92 Å². The Kier molecular flexibility index (Phi) is 6.26. The van der Waals surface area contributed by atoms with Crippen molar-refractivity contribution in [3.05, 3.63) is 59.9 Å². The van der Waals surface area contributed by atoms with Crippen LogP contribution in [0.15, 0.2) is 48.8 Å². The minimum atomic E-state index is -0.358. The smallest absolute Gasteiger partial charge is 0.241 e. The zero-order valence-electron chi connectivity index (χ0n) is 13.6. The molecular weight excluding hydrogens is 290 g/mol. The van der Waals surface area contributed by atoms with Gasteiger partial charge in [0.2, 0.25) is 5.91 Å². The average molecular weight is 313 g/mol. The van der Waals surface area contributed by atoms with Gasteiger partial charge in [0.25, 0.3) is 0 Å². The summed E-state index contributed by atoms with van der Waals surface area (Å²) in [6.07, 6.45) is 3.49. The van der Waals surface area contributed by atoms with E-state index in [2.05, 4.69) is 10.3 Å². The van der Waals surface area contributed by atoms with Crippen LogP contribution in [0.4, 0.5) is 5.69 Å². The molecule has 5 heteroatoms. The number of carbonyl (C=O) groups excluding carboxylic acids is 1. The molecular formula is C18H23N3O2. The van der Waals surface area contributed by atoms with Gasteiger partial charge in [-0.2, -0.15) is 0 Å². The second-order valence-corrected chi connectivity index (χ2v) is 5.59. The Morgan fingerprint density at radius 1 is 1.35 bits per heavy atom. The number of hydrogen-bond donors (Lipinski definition) is 2. The molecule has 0 radical (unpaired) electrons. The van der Waals surface area contributed by atoms with Gasteiger partial charge in [-0.3, -0.25) is 14.7 Å². The van der Waals surface area contributed by atoms with Gasteiger partial charge in [0.15, 0.2) is 0 Å². The molecule has 0 saturated carbocycles. The topological polar surface area (TPSA) is 65.5 Å². The summed E-state index contributed by atoms with van der Waals surface area (Å²) >= 11 is 0. The Morgan fingerprint density at radius 2 is 2.17 bits per heavy atom. The highest BCUT2D eigenvalue weighted by molar-refractivity contribution is 5.94. The molecule has 0 aliphatic carbocycles. The molecule has 0 aliphatic heterocycles. The van der Waals surface area contributed by atoms with Crippen molar-refractivity contribution in [3.8, 4) is 0 Å². The van der Waals surface area contributed by atoms with Gasteiger partial charge >= 0.3 is 0 Å². The van der Waals surface area contributed by atoms with E-state index in [-0.39, 0.29) is 18.6 Å². The van der Waals surface area contributed by atoms with E-state index in [1.165, 1.54) is 0 Å². The summed E-state index contributed by atoms with van der Waals surface area (Å²) in [5.41, 5.74) is 2.89. The number of anilines is 1. The quantitative estimate of drug-likeness (QED) is 0.822. The molecule has 1 amide bonds. The van der Waals surface area contributed by atoms with Crippen molar-refractivity contribution in [3.63, 3.8) is 0 Å². The molecule has 1 unspecified atom stereocenters. The molecule has 2 rings (SSSR count). The molecule has 0 aliphatic rings. The molecule has 122 valence electrons. The number of hydrogen-bond acceptors (Lipinski definition) is 4. The molecule has 23 heavy (non-hydrogen) atoms. The summed E-state index contributed by atoms with van der Waals surface area (Å²) in [4.78, 5) is 18.5. The highest BCUT2D eigenvalue weighted by Gasteiger charge is 2.21. The summed E-state index contributed by atoms with van der Waals surface area (Å²) < 4.78 is 0. The number of benzene rings is 1. The Balaban J connectivity index is 2.04. The Bertz CT molecular complexity index is 631. The number of nitrogens with zero attached hydrogens (tertiary/aromatic N) is 2. The second kappa shape index (κ2) is 8.41. The first kappa shape index (κ1) is 17.1. The number of rotatable bonds is 7. The van der Waals surface area contributed by atoms with Crippen LogP contribution in [0.2, 0.25) is 0 Å². The maximum atomic E-state index is 12.5. The Morgan fingerprint density at radius 3 is 2.83 bits per heavy atom. The average Bonchev–Trinajstić information content (AvgIpc) is 2.55. The summed E-state index contributed by atoms with van der Waals surface area (Å²) in [5.74, 6) is -0.0899. The van der Waals surface area contributed by atoms with Gasteiger partial charge in [0.1, 0.15) is 0 Å². The number of aryl methyl sites for hydroxylation is 1. The second-order valence-electron chi connectivity index (χ2n) is 5.59. The van der Waals surface area contributed by atoms with E-state index >= 15 is 0 Å². The normalized spacial score (nSPS) is 12.2. The first-order valence-electron chi connectivity index (χ1n) is 7.71. The van der Waals surface area contributed by atoms with Crippen LogP contribution < -0.4 is 5.32 Å². The van der Waals surface area contributed by atoms with Crippen LogP contribution in [-0.4, -0.2) is 40.1 Å². The van der Waals surface area contributed by atoms with Crippen molar-refractivity contribution in [2.45, 2.75) is 26.4 Å². The van der Waals surface area contributed by atoms with Gasteiger partial charge in [-0.25, -0.2) is 0 Å². The van der Waals surface area contributed by atoms with Crippen molar-refractivity contribution in [2.75, 3.05) is 18.5 Å². The van der Waals surface area contributed by atoms with Gasteiger partial charge in [-0.1, -0.05) is 18.2 Å². The lowest BCUT2D eigenvalue weighted by molar-refractivity contribution is -0.121. The molecule has 1 heterocycles.